The predicted octanol–water partition coefficient (Wildman–Crippen LogP) is 2.00. The Morgan fingerprint density at radius 1 is 1.29 bits per heavy atom. The Morgan fingerprint density at radius 3 is 2.86 bits per heavy atom. The molecule has 0 bridgehead atoms. The highest BCUT2D eigenvalue weighted by Crippen LogP contribution is 2.26. The van der Waals surface area contributed by atoms with Gasteiger partial charge >= 0.3 is 0 Å². The van der Waals surface area contributed by atoms with Crippen LogP contribution in [0, 0.1) is 5.82 Å². The van der Waals surface area contributed by atoms with Crippen LogP contribution in [0.3, 0.4) is 0 Å². The molecule has 2 fully saturated rings. The maximum absolute atomic E-state index is 13.4. The Morgan fingerprint density at radius 2 is 2.10 bits per heavy atom. The topological polar surface area (TPSA) is 31.4 Å². The number of pyridine rings is 1. The van der Waals surface area contributed by atoms with Gasteiger partial charge in [-0.05, 0) is 45.5 Å². The van der Waals surface area contributed by atoms with Crippen LogP contribution >= 0.6 is 0 Å². The van der Waals surface area contributed by atoms with Gasteiger partial charge in [-0.25, -0.2) is 9.37 Å². The second-order valence-corrected chi connectivity index (χ2v) is 6.15. The summed E-state index contributed by atoms with van der Waals surface area (Å²) in [5, 5.41) is 3.11. The second-order valence-electron chi connectivity index (χ2n) is 6.15. The molecule has 2 aliphatic heterocycles. The monoisotopic (exact) mass is 292 g/mol. The molecule has 0 radical (unpaired) electrons. The van der Waals surface area contributed by atoms with Gasteiger partial charge in [0.15, 0.2) is 0 Å². The zero-order valence-electron chi connectivity index (χ0n) is 12.8. The van der Waals surface area contributed by atoms with Gasteiger partial charge in [0.25, 0.3) is 0 Å². The van der Waals surface area contributed by atoms with E-state index in [0.717, 1.165) is 24.5 Å². The standard InChI is InChI=1S/C16H25FN4/c1-18-10-13-9-14(17)11-19-16(13)21-8-5-15(12-21)20-6-3-2-4-7-20/h9,11,15,18H,2-8,10,12H2,1H3. The van der Waals surface area contributed by atoms with Crippen molar-refractivity contribution in [2.45, 2.75) is 38.3 Å². The van der Waals surface area contributed by atoms with Crippen LogP contribution in [-0.4, -0.2) is 49.2 Å². The van der Waals surface area contributed by atoms with Crippen molar-refractivity contribution in [1.29, 1.82) is 0 Å². The van der Waals surface area contributed by atoms with Gasteiger partial charge in [0.05, 0.1) is 6.20 Å². The molecule has 2 aliphatic rings. The Balaban J connectivity index is 1.70. The average molecular weight is 292 g/mol. The van der Waals surface area contributed by atoms with Gasteiger partial charge in [-0.2, -0.15) is 0 Å². The van der Waals surface area contributed by atoms with E-state index in [1.807, 2.05) is 7.05 Å². The number of hydrogen-bond donors (Lipinski definition) is 1. The van der Waals surface area contributed by atoms with Crippen molar-refractivity contribution in [2.24, 2.45) is 0 Å². The van der Waals surface area contributed by atoms with E-state index in [1.54, 1.807) is 6.07 Å². The minimum absolute atomic E-state index is 0.254. The van der Waals surface area contributed by atoms with Gasteiger partial charge in [0.1, 0.15) is 11.6 Å². The molecule has 116 valence electrons. The van der Waals surface area contributed by atoms with Gasteiger partial charge in [-0.1, -0.05) is 6.42 Å². The molecule has 1 unspecified atom stereocenters. The highest BCUT2D eigenvalue weighted by molar-refractivity contribution is 5.48. The quantitative estimate of drug-likeness (QED) is 0.920. The predicted molar refractivity (Wildman–Crippen MR) is 83.0 cm³/mol. The lowest BCUT2D eigenvalue weighted by Crippen LogP contribution is -2.41. The third kappa shape index (κ3) is 3.35. The molecule has 0 amide bonds. The number of rotatable bonds is 4. The Labute approximate surface area is 126 Å². The molecule has 1 N–H and O–H groups in total. The molecule has 21 heavy (non-hydrogen) atoms. The molecule has 0 aliphatic carbocycles. The van der Waals surface area contributed by atoms with Gasteiger partial charge in [-0.3, -0.25) is 4.90 Å². The largest absolute Gasteiger partial charge is 0.355 e. The summed E-state index contributed by atoms with van der Waals surface area (Å²) in [6, 6.07) is 2.24. The zero-order chi connectivity index (χ0) is 14.7. The van der Waals surface area contributed by atoms with Crippen LogP contribution in [-0.2, 0) is 6.54 Å². The molecule has 1 aromatic heterocycles. The summed E-state index contributed by atoms with van der Waals surface area (Å²) in [6.45, 7) is 5.17. The summed E-state index contributed by atoms with van der Waals surface area (Å²) >= 11 is 0. The second kappa shape index (κ2) is 6.71. The van der Waals surface area contributed by atoms with E-state index in [1.165, 1.54) is 45.0 Å². The summed E-state index contributed by atoms with van der Waals surface area (Å²) < 4.78 is 13.4. The van der Waals surface area contributed by atoms with Gasteiger partial charge in [0.2, 0.25) is 0 Å². The fourth-order valence-corrected chi connectivity index (χ4v) is 3.60. The molecule has 4 nitrogen and oxygen atoms in total. The van der Waals surface area contributed by atoms with Crippen molar-refractivity contribution in [1.82, 2.24) is 15.2 Å². The molecular formula is C16H25FN4. The first-order chi connectivity index (χ1) is 10.3. The van der Waals surface area contributed by atoms with Crippen molar-refractivity contribution in [3.8, 4) is 0 Å². The van der Waals surface area contributed by atoms with Crippen LogP contribution in [0.25, 0.3) is 0 Å². The molecular weight excluding hydrogens is 267 g/mol. The smallest absolute Gasteiger partial charge is 0.141 e. The fourth-order valence-electron chi connectivity index (χ4n) is 3.60. The number of hydrogen-bond acceptors (Lipinski definition) is 4. The lowest BCUT2D eigenvalue weighted by Gasteiger charge is -2.32. The Bertz CT molecular complexity index is 473. The number of piperidine rings is 1. The van der Waals surface area contributed by atoms with E-state index in [-0.39, 0.29) is 5.82 Å². The summed E-state index contributed by atoms with van der Waals surface area (Å²) in [5.41, 5.74) is 0.955. The first kappa shape index (κ1) is 14.7. The highest BCUT2D eigenvalue weighted by Gasteiger charge is 2.30. The SMILES string of the molecule is CNCc1cc(F)cnc1N1CCC(N2CCCCC2)C1. The molecule has 3 heterocycles. The van der Waals surface area contributed by atoms with E-state index in [4.69, 9.17) is 0 Å². The molecule has 1 aromatic rings. The molecule has 0 spiro atoms. The zero-order valence-corrected chi connectivity index (χ0v) is 12.8. The maximum Gasteiger partial charge on any atom is 0.141 e. The van der Waals surface area contributed by atoms with E-state index >= 15 is 0 Å². The molecule has 2 saturated heterocycles. The van der Waals surface area contributed by atoms with E-state index in [0.29, 0.717) is 12.6 Å². The highest BCUT2D eigenvalue weighted by atomic mass is 19.1. The average Bonchev–Trinajstić information content (AvgIpc) is 2.98. The van der Waals surface area contributed by atoms with Crippen LogP contribution in [0.15, 0.2) is 12.3 Å². The first-order valence-electron chi connectivity index (χ1n) is 8.06. The third-order valence-corrected chi connectivity index (χ3v) is 4.65. The van der Waals surface area contributed by atoms with Crippen molar-refractivity contribution in [3.05, 3.63) is 23.6 Å². The maximum atomic E-state index is 13.4. The van der Waals surface area contributed by atoms with Crippen LogP contribution in [0.4, 0.5) is 10.2 Å². The van der Waals surface area contributed by atoms with Gasteiger partial charge < -0.3 is 10.2 Å². The Hall–Kier alpha value is -1.20. The van der Waals surface area contributed by atoms with Gasteiger partial charge in [-0.15, -0.1) is 0 Å². The van der Waals surface area contributed by atoms with E-state index < -0.39 is 0 Å². The normalized spacial score (nSPS) is 23.7. The third-order valence-electron chi connectivity index (χ3n) is 4.65. The van der Waals surface area contributed by atoms with Crippen molar-refractivity contribution >= 4 is 5.82 Å². The van der Waals surface area contributed by atoms with E-state index in [9.17, 15) is 4.39 Å². The van der Waals surface area contributed by atoms with Crippen molar-refractivity contribution in [3.63, 3.8) is 0 Å². The van der Waals surface area contributed by atoms with Gasteiger partial charge in [0, 0.05) is 31.2 Å². The van der Waals surface area contributed by atoms with Crippen LogP contribution in [0.5, 0.6) is 0 Å². The minimum Gasteiger partial charge on any atom is -0.355 e. The molecule has 0 saturated carbocycles. The van der Waals surface area contributed by atoms with Crippen LogP contribution in [0.1, 0.15) is 31.2 Å². The lowest BCUT2D eigenvalue weighted by atomic mass is 10.1. The van der Waals surface area contributed by atoms with Crippen LogP contribution in [0.2, 0.25) is 0 Å². The lowest BCUT2D eigenvalue weighted by molar-refractivity contribution is 0.174. The summed E-state index contributed by atoms with van der Waals surface area (Å²) in [7, 11) is 1.88. The summed E-state index contributed by atoms with van der Waals surface area (Å²) in [5.74, 6) is 0.695. The number of nitrogens with zero attached hydrogens (tertiary/aromatic N) is 3. The number of aromatic nitrogens is 1. The Kier molecular flexibility index (Phi) is 4.70. The van der Waals surface area contributed by atoms with Crippen molar-refractivity contribution < 1.29 is 4.39 Å². The molecule has 1 atom stereocenters. The van der Waals surface area contributed by atoms with Crippen LogP contribution < -0.4 is 10.2 Å². The number of anilines is 1. The number of nitrogens with one attached hydrogen (secondary N) is 1. The van der Waals surface area contributed by atoms with Crippen molar-refractivity contribution in [2.75, 3.05) is 38.1 Å². The van der Waals surface area contributed by atoms with E-state index in [2.05, 4.69) is 20.1 Å². The molecule has 0 aromatic carbocycles. The number of likely N-dealkylation sites (tertiary alicyclic amines) is 1. The summed E-state index contributed by atoms with van der Waals surface area (Å²) in [6.07, 6.45) is 6.56. The first-order valence-corrected chi connectivity index (χ1v) is 8.06. The molecule has 3 rings (SSSR count). The minimum atomic E-state index is -0.254. The fraction of sp³-hybridized carbons (Fsp3) is 0.688. The summed E-state index contributed by atoms with van der Waals surface area (Å²) in [4.78, 5) is 9.31. The molecule has 5 heteroatoms. The number of halogens is 1.